The third-order valence-electron chi connectivity index (χ3n) is 6.63. The van der Waals surface area contributed by atoms with Gasteiger partial charge >= 0.3 is 15.6 Å². The molecule has 0 aliphatic carbocycles. The summed E-state index contributed by atoms with van der Waals surface area (Å²) in [6, 6.07) is 37.7. The van der Waals surface area contributed by atoms with E-state index < -0.39 is 25.9 Å². The van der Waals surface area contributed by atoms with E-state index in [9.17, 15) is 21.6 Å². The zero-order chi connectivity index (χ0) is 27.3. The van der Waals surface area contributed by atoms with Gasteiger partial charge in [0.2, 0.25) is 0 Å². The molecule has 0 radical (unpaired) electrons. The topological polar surface area (TPSA) is 43.4 Å². The average molecular weight is 563 g/mol. The molecule has 6 rings (SSSR count). The van der Waals surface area contributed by atoms with Crippen molar-refractivity contribution in [2.75, 3.05) is 0 Å². The van der Waals surface area contributed by atoms with Crippen molar-refractivity contribution >= 4 is 52.7 Å². The molecule has 3 nitrogen and oxygen atoms in total. The van der Waals surface area contributed by atoms with E-state index in [0.717, 1.165) is 32.3 Å². The van der Waals surface area contributed by atoms with Crippen LogP contribution in [0.1, 0.15) is 0 Å². The molecule has 0 saturated heterocycles. The summed E-state index contributed by atoms with van der Waals surface area (Å²) in [5, 5.41) is 4.85. The predicted octanol–water partition coefficient (Wildman–Crippen LogP) is 9.21. The summed E-state index contributed by atoms with van der Waals surface area (Å²) >= 11 is 0. The zero-order valence-electron chi connectivity index (χ0n) is 20.3. The highest BCUT2D eigenvalue weighted by molar-refractivity contribution is 8.33. The number of hydrogen-bond donors (Lipinski definition) is 0. The average Bonchev–Trinajstić information content (AvgIpc) is 2.94. The third-order valence-corrected chi connectivity index (χ3v) is 11.5. The van der Waals surface area contributed by atoms with Crippen molar-refractivity contribution in [3.63, 3.8) is 0 Å². The van der Waals surface area contributed by atoms with E-state index in [1.807, 2.05) is 72.8 Å². The minimum atomic E-state index is -6.02. The number of alkyl halides is 3. The molecular formula is C31H21F3O3S2. The van der Waals surface area contributed by atoms with Crippen LogP contribution in [-0.4, -0.2) is 13.9 Å². The molecule has 0 unspecified atom stereocenters. The third kappa shape index (κ3) is 4.44. The van der Waals surface area contributed by atoms with Gasteiger partial charge in [-0.2, -0.15) is 25.2 Å². The quantitative estimate of drug-likeness (QED) is 0.197. The highest BCUT2D eigenvalue weighted by Gasteiger charge is 2.52. The lowest BCUT2D eigenvalue weighted by molar-refractivity contribution is -0.0496. The van der Waals surface area contributed by atoms with E-state index in [0.29, 0.717) is 14.7 Å². The summed E-state index contributed by atoms with van der Waals surface area (Å²) in [6.07, 6.45) is 0. The van der Waals surface area contributed by atoms with Crippen LogP contribution in [0.5, 0.6) is 0 Å². The largest absolute Gasteiger partial charge is 0.524 e. The Morgan fingerprint density at radius 3 is 1.08 bits per heavy atom. The predicted molar refractivity (Wildman–Crippen MR) is 150 cm³/mol. The van der Waals surface area contributed by atoms with Crippen molar-refractivity contribution in [1.29, 1.82) is 0 Å². The molecule has 0 aliphatic heterocycles. The fourth-order valence-corrected chi connectivity index (χ4v) is 9.54. The van der Waals surface area contributed by atoms with Gasteiger partial charge in [0.15, 0.2) is 0 Å². The van der Waals surface area contributed by atoms with Gasteiger partial charge in [-0.15, -0.1) is 0 Å². The minimum absolute atomic E-state index is 0.333. The molecule has 0 atom stereocenters. The van der Waals surface area contributed by atoms with Crippen molar-refractivity contribution < 1.29 is 25.2 Å². The first kappa shape index (κ1) is 25.4. The summed E-state index contributed by atoms with van der Waals surface area (Å²) in [6.45, 7) is 0. The Kier molecular flexibility index (Phi) is 6.14. The van der Waals surface area contributed by atoms with Gasteiger partial charge in [0, 0.05) is 14.7 Å². The van der Waals surface area contributed by atoms with Crippen LogP contribution in [0.25, 0.3) is 32.3 Å². The lowest BCUT2D eigenvalue weighted by atomic mass is 10.1. The summed E-state index contributed by atoms with van der Waals surface area (Å²) < 4.78 is 73.1. The molecule has 0 fully saturated rings. The lowest BCUT2D eigenvalue weighted by Gasteiger charge is -2.40. The Labute approximate surface area is 225 Å². The van der Waals surface area contributed by atoms with Crippen LogP contribution in [0.3, 0.4) is 0 Å². The molecule has 6 aromatic carbocycles. The van der Waals surface area contributed by atoms with Crippen molar-refractivity contribution in [2.45, 2.75) is 20.2 Å². The Bertz CT molecular complexity index is 1780. The molecule has 0 aliphatic rings. The fourth-order valence-electron chi connectivity index (χ4n) is 4.74. The molecule has 0 amide bonds. The Morgan fingerprint density at radius 1 is 0.462 bits per heavy atom. The number of fused-ring (bicyclic) bond motifs is 3. The molecule has 0 spiro atoms. The molecule has 6 aromatic rings. The second-order valence-corrected chi connectivity index (χ2v) is 13.5. The van der Waals surface area contributed by atoms with Gasteiger partial charge in [-0.25, -0.2) is 0 Å². The Hall–Kier alpha value is -3.85. The molecule has 39 heavy (non-hydrogen) atoms. The van der Waals surface area contributed by atoms with E-state index in [4.69, 9.17) is 3.63 Å². The second kappa shape index (κ2) is 9.41. The summed E-state index contributed by atoms with van der Waals surface area (Å²) in [4.78, 5) is 0.999. The van der Waals surface area contributed by atoms with Crippen molar-refractivity contribution in [3.05, 3.63) is 127 Å². The van der Waals surface area contributed by atoms with Crippen molar-refractivity contribution in [3.8, 4) is 0 Å². The van der Waals surface area contributed by atoms with Crippen LogP contribution in [0.2, 0.25) is 0 Å². The maximum Gasteiger partial charge on any atom is 0.524 e. The zero-order valence-corrected chi connectivity index (χ0v) is 21.9. The van der Waals surface area contributed by atoms with E-state index >= 15 is 0 Å². The van der Waals surface area contributed by atoms with Crippen LogP contribution in [-0.2, 0) is 13.7 Å². The normalized spacial score (nSPS) is 13.2. The van der Waals surface area contributed by atoms with Gasteiger partial charge in [0.25, 0.3) is 0 Å². The molecule has 0 heterocycles. The van der Waals surface area contributed by atoms with Gasteiger partial charge in [0.05, 0.1) is 0 Å². The SMILES string of the molecule is O=S(=O)(OS(c1ccc2ccccc2c1)(c1ccc2ccccc2c1)c1ccc2ccccc2c1)C(F)(F)F. The summed E-state index contributed by atoms with van der Waals surface area (Å²) in [7, 11) is -9.48. The smallest absolute Gasteiger partial charge is 0.200 e. The molecule has 0 bridgehead atoms. The van der Waals surface area contributed by atoms with Crippen LogP contribution in [0.15, 0.2) is 142 Å². The van der Waals surface area contributed by atoms with Gasteiger partial charge in [0.1, 0.15) is 0 Å². The highest BCUT2D eigenvalue weighted by atomic mass is 32.3. The van der Waals surface area contributed by atoms with E-state index in [-0.39, 0.29) is 0 Å². The van der Waals surface area contributed by atoms with Crippen LogP contribution in [0.4, 0.5) is 13.2 Å². The second-order valence-electron chi connectivity index (χ2n) is 9.05. The minimum Gasteiger partial charge on any atom is -0.200 e. The number of hydrogen-bond acceptors (Lipinski definition) is 3. The van der Waals surface area contributed by atoms with Crippen molar-refractivity contribution in [1.82, 2.24) is 0 Å². The maximum absolute atomic E-state index is 14.0. The van der Waals surface area contributed by atoms with Gasteiger partial charge < -0.3 is 0 Å². The first-order valence-corrected chi connectivity index (χ1v) is 15.0. The first-order chi connectivity index (χ1) is 18.7. The number of benzene rings is 6. The molecule has 0 aromatic heterocycles. The summed E-state index contributed by atoms with van der Waals surface area (Å²) in [5.41, 5.74) is -5.62. The van der Waals surface area contributed by atoms with Gasteiger partial charge in [-0.3, -0.25) is 0 Å². The van der Waals surface area contributed by atoms with Crippen LogP contribution >= 0.6 is 10.3 Å². The van der Waals surface area contributed by atoms with Crippen molar-refractivity contribution in [2.24, 2.45) is 0 Å². The molecule has 0 N–H and O–H groups in total. The number of rotatable bonds is 5. The Morgan fingerprint density at radius 2 is 0.769 bits per heavy atom. The molecule has 8 heteroatoms. The van der Waals surface area contributed by atoms with Crippen LogP contribution < -0.4 is 0 Å². The lowest BCUT2D eigenvalue weighted by Crippen LogP contribution is -2.27. The summed E-state index contributed by atoms with van der Waals surface area (Å²) in [5.74, 6) is 0. The van der Waals surface area contributed by atoms with E-state index in [2.05, 4.69) is 0 Å². The van der Waals surface area contributed by atoms with Gasteiger partial charge in [-0.1, -0.05) is 91.0 Å². The molecular weight excluding hydrogens is 541 g/mol. The van der Waals surface area contributed by atoms with Crippen LogP contribution in [0, 0.1) is 0 Å². The standard InChI is InChI=1S/C31H21F3O3S2/c32-31(33,34)39(35,36)37-38(28-16-13-22-7-1-4-10-25(22)19-28,29-17-14-23-8-2-5-11-26(23)20-29)30-18-15-24-9-3-6-12-27(24)21-30/h1-21H. The van der Waals surface area contributed by atoms with E-state index in [1.54, 1.807) is 54.6 Å². The fraction of sp³-hybridized carbons (Fsp3) is 0.0323. The van der Waals surface area contributed by atoms with E-state index in [1.165, 1.54) is 0 Å². The van der Waals surface area contributed by atoms with Gasteiger partial charge in [-0.05, 0) is 79.0 Å². The molecule has 196 valence electrons. The highest BCUT2D eigenvalue weighted by Crippen LogP contribution is 2.71. The monoisotopic (exact) mass is 562 g/mol. The molecule has 0 saturated carbocycles. The number of halogens is 3. The Balaban J connectivity index is 1.75. The first-order valence-electron chi connectivity index (χ1n) is 12.0. The maximum atomic E-state index is 14.0.